The van der Waals surface area contributed by atoms with E-state index in [0.29, 0.717) is 22.5 Å². The van der Waals surface area contributed by atoms with Gasteiger partial charge < -0.3 is 14.6 Å². The largest absolute Gasteiger partial charge is 0.459 e. The number of esters is 1. The van der Waals surface area contributed by atoms with Crippen molar-refractivity contribution in [1.82, 2.24) is 4.98 Å². The van der Waals surface area contributed by atoms with Gasteiger partial charge in [0.05, 0.1) is 11.7 Å². The van der Waals surface area contributed by atoms with Crippen molar-refractivity contribution in [1.29, 1.82) is 0 Å². The van der Waals surface area contributed by atoms with Gasteiger partial charge in [-0.2, -0.15) is 0 Å². The van der Waals surface area contributed by atoms with Crippen molar-refractivity contribution in [3.63, 3.8) is 0 Å². The van der Waals surface area contributed by atoms with Crippen LogP contribution in [0.3, 0.4) is 0 Å². The Labute approximate surface area is 154 Å². The van der Waals surface area contributed by atoms with E-state index in [2.05, 4.69) is 18.0 Å². The number of anilines is 1. The second-order valence-electron chi connectivity index (χ2n) is 7.27. The lowest BCUT2D eigenvalue weighted by Crippen LogP contribution is -2.42. The van der Waals surface area contributed by atoms with E-state index in [0.717, 1.165) is 18.5 Å². The molecule has 1 amide bonds. The maximum absolute atomic E-state index is 13.3. The Morgan fingerprint density at radius 2 is 1.92 bits per heavy atom. The first-order valence-corrected chi connectivity index (χ1v) is 9.12. The smallest absolute Gasteiger partial charge is 0.340 e. The number of H-pyrrole nitrogens is 1. The summed E-state index contributed by atoms with van der Waals surface area (Å²) < 4.78 is 5.33. The van der Waals surface area contributed by atoms with Crippen LogP contribution in [0.5, 0.6) is 0 Å². The SMILES string of the molecule is Cc1[nH]c(C(=O)N2c3ccccc3CC[C@@H]2C)c(C)c1C(=O)OC(C)C. The number of nitrogens with zero attached hydrogens (tertiary/aromatic N) is 1. The van der Waals surface area contributed by atoms with Crippen LogP contribution in [-0.4, -0.2) is 29.0 Å². The molecular weight excluding hydrogens is 328 g/mol. The molecule has 0 radical (unpaired) electrons. The zero-order chi connectivity index (χ0) is 19.0. The molecule has 0 fully saturated rings. The molecule has 0 spiro atoms. The summed E-state index contributed by atoms with van der Waals surface area (Å²) in [5.74, 6) is -0.494. The van der Waals surface area contributed by atoms with E-state index in [4.69, 9.17) is 4.74 Å². The van der Waals surface area contributed by atoms with Crippen LogP contribution in [0.25, 0.3) is 0 Å². The van der Waals surface area contributed by atoms with E-state index in [1.165, 1.54) is 5.56 Å². The molecular formula is C21H26N2O3. The zero-order valence-corrected chi connectivity index (χ0v) is 16.1. The van der Waals surface area contributed by atoms with Crippen molar-refractivity contribution in [2.45, 2.75) is 59.6 Å². The molecule has 1 aliphatic rings. The van der Waals surface area contributed by atoms with Crippen molar-refractivity contribution < 1.29 is 14.3 Å². The van der Waals surface area contributed by atoms with Crippen LogP contribution in [0.1, 0.15) is 64.9 Å². The lowest BCUT2D eigenvalue weighted by Gasteiger charge is -2.35. The summed E-state index contributed by atoms with van der Waals surface area (Å²) in [7, 11) is 0. The van der Waals surface area contributed by atoms with Crippen LogP contribution >= 0.6 is 0 Å². The molecule has 26 heavy (non-hydrogen) atoms. The number of carbonyl (C=O) groups is 2. The van der Waals surface area contributed by atoms with Gasteiger partial charge >= 0.3 is 5.97 Å². The molecule has 2 aromatic rings. The number of ether oxygens (including phenoxy) is 1. The molecule has 5 heteroatoms. The summed E-state index contributed by atoms with van der Waals surface area (Å²) in [6, 6.07) is 8.12. The van der Waals surface area contributed by atoms with Crippen LogP contribution in [0, 0.1) is 13.8 Å². The molecule has 1 atom stereocenters. The molecule has 1 aromatic carbocycles. The molecule has 3 rings (SSSR count). The second kappa shape index (κ2) is 6.98. The minimum atomic E-state index is -0.391. The standard InChI is InChI=1S/C21H26N2O3/c1-12(2)26-21(25)18-14(4)19(22-15(18)5)20(24)23-13(3)10-11-16-8-6-7-9-17(16)23/h6-9,12-13,22H,10-11H2,1-5H3/t13-/m0/s1. The fourth-order valence-electron chi connectivity index (χ4n) is 3.66. The topological polar surface area (TPSA) is 62.4 Å². The predicted molar refractivity (Wildman–Crippen MR) is 102 cm³/mol. The normalized spacial score (nSPS) is 16.5. The van der Waals surface area contributed by atoms with Gasteiger partial charge in [0, 0.05) is 17.4 Å². The number of carbonyl (C=O) groups excluding carboxylic acids is 2. The Hall–Kier alpha value is -2.56. The first-order chi connectivity index (χ1) is 12.3. The number of rotatable bonds is 3. The van der Waals surface area contributed by atoms with E-state index in [1.54, 1.807) is 13.8 Å². The average Bonchev–Trinajstić information content (AvgIpc) is 2.88. The molecule has 0 saturated heterocycles. The summed E-state index contributed by atoms with van der Waals surface area (Å²) in [6.07, 6.45) is 1.68. The first kappa shape index (κ1) is 18.2. The van der Waals surface area contributed by atoms with Crippen LogP contribution in [0.2, 0.25) is 0 Å². The number of amides is 1. The van der Waals surface area contributed by atoms with Crippen LogP contribution < -0.4 is 4.90 Å². The summed E-state index contributed by atoms with van der Waals surface area (Å²) in [6.45, 7) is 9.29. The number of fused-ring (bicyclic) bond motifs is 1. The van der Waals surface area contributed by atoms with Gasteiger partial charge in [0.25, 0.3) is 5.91 Å². The highest BCUT2D eigenvalue weighted by atomic mass is 16.5. The maximum Gasteiger partial charge on any atom is 0.340 e. The molecule has 0 aliphatic carbocycles. The van der Waals surface area contributed by atoms with E-state index >= 15 is 0 Å². The van der Waals surface area contributed by atoms with E-state index in [-0.39, 0.29) is 18.1 Å². The minimum Gasteiger partial charge on any atom is -0.459 e. The predicted octanol–water partition coefficient (Wildman–Crippen LogP) is 4.18. The Kier molecular flexibility index (Phi) is 4.90. The summed E-state index contributed by atoms with van der Waals surface area (Å²) in [4.78, 5) is 30.7. The highest BCUT2D eigenvalue weighted by Gasteiger charge is 2.32. The quantitative estimate of drug-likeness (QED) is 0.841. The fraction of sp³-hybridized carbons (Fsp3) is 0.429. The van der Waals surface area contributed by atoms with Gasteiger partial charge in [0.2, 0.25) is 0 Å². The number of nitrogens with one attached hydrogen (secondary N) is 1. The van der Waals surface area contributed by atoms with Crippen molar-refractivity contribution in [3.05, 3.63) is 52.3 Å². The lowest BCUT2D eigenvalue weighted by molar-refractivity contribution is 0.0376. The lowest BCUT2D eigenvalue weighted by atomic mass is 9.96. The molecule has 0 unspecified atom stereocenters. The van der Waals surface area contributed by atoms with Gasteiger partial charge in [-0.3, -0.25) is 4.79 Å². The molecule has 1 aliphatic heterocycles. The van der Waals surface area contributed by atoms with Crippen LogP contribution in [-0.2, 0) is 11.2 Å². The number of benzene rings is 1. The van der Waals surface area contributed by atoms with Gasteiger partial charge in [0.15, 0.2) is 0 Å². The Morgan fingerprint density at radius 1 is 1.23 bits per heavy atom. The highest BCUT2D eigenvalue weighted by molar-refractivity contribution is 6.09. The van der Waals surface area contributed by atoms with E-state index < -0.39 is 5.97 Å². The Bertz CT molecular complexity index is 851. The summed E-state index contributed by atoms with van der Waals surface area (Å²) in [5.41, 5.74) is 4.36. The van der Waals surface area contributed by atoms with Crippen molar-refractivity contribution in [2.24, 2.45) is 0 Å². The third-order valence-electron chi connectivity index (χ3n) is 4.94. The highest BCUT2D eigenvalue weighted by Crippen LogP contribution is 2.32. The average molecular weight is 354 g/mol. The van der Waals surface area contributed by atoms with E-state index in [1.807, 2.05) is 36.9 Å². The molecule has 138 valence electrons. The van der Waals surface area contributed by atoms with E-state index in [9.17, 15) is 9.59 Å². The molecule has 1 N–H and O–H groups in total. The Morgan fingerprint density at radius 3 is 2.62 bits per heavy atom. The van der Waals surface area contributed by atoms with Crippen LogP contribution in [0.15, 0.2) is 24.3 Å². The molecule has 0 bridgehead atoms. The van der Waals surface area contributed by atoms with Crippen molar-refractivity contribution in [3.8, 4) is 0 Å². The monoisotopic (exact) mass is 354 g/mol. The number of para-hydroxylation sites is 1. The van der Waals surface area contributed by atoms with Gasteiger partial charge in [0.1, 0.15) is 5.69 Å². The maximum atomic E-state index is 13.3. The van der Waals surface area contributed by atoms with Crippen molar-refractivity contribution in [2.75, 3.05) is 4.90 Å². The van der Waals surface area contributed by atoms with Crippen molar-refractivity contribution >= 4 is 17.6 Å². The molecule has 5 nitrogen and oxygen atoms in total. The van der Waals surface area contributed by atoms with Gasteiger partial charge in [-0.15, -0.1) is 0 Å². The third kappa shape index (κ3) is 3.14. The number of hydrogen-bond donors (Lipinski definition) is 1. The first-order valence-electron chi connectivity index (χ1n) is 9.12. The molecule has 2 heterocycles. The minimum absolute atomic E-state index is 0.103. The van der Waals surface area contributed by atoms with Gasteiger partial charge in [-0.1, -0.05) is 18.2 Å². The zero-order valence-electron chi connectivity index (χ0n) is 16.1. The third-order valence-corrected chi connectivity index (χ3v) is 4.94. The summed E-state index contributed by atoms with van der Waals surface area (Å²) in [5, 5.41) is 0. The fourth-order valence-corrected chi connectivity index (χ4v) is 3.66. The molecule has 1 aromatic heterocycles. The Balaban J connectivity index is 2.00. The number of aromatic amines is 1. The van der Waals surface area contributed by atoms with Crippen LogP contribution in [0.4, 0.5) is 5.69 Å². The van der Waals surface area contributed by atoms with Gasteiger partial charge in [-0.25, -0.2) is 4.79 Å². The van der Waals surface area contributed by atoms with Gasteiger partial charge in [-0.05, 0) is 64.7 Å². The number of hydrogen-bond acceptors (Lipinski definition) is 3. The molecule has 0 saturated carbocycles. The second-order valence-corrected chi connectivity index (χ2v) is 7.27. The number of aryl methyl sites for hydroxylation is 2. The number of aromatic nitrogens is 1. The summed E-state index contributed by atoms with van der Waals surface area (Å²) >= 11 is 0.